The van der Waals surface area contributed by atoms with Gasteiger partial charge in [-0.3, -0.25) is 9.59 Å². The molecule has 0 bridgehead atoms. The van der Waals surface area contributed by atoms with Crippen LogP contribution in [0.15, 0.2) is 36.0 Å². The molecule has 0 radical (unpaired) electrons. The van der Waals surface area contributed by atoms with Crippen LogP contribution in [0.2, 0.25) is 0 Å². The molecule has 1 amide bonds. The molecule has 1 aromatic heterocycles. The lowest BCUT2D eigenvalue weighted by atomic mass is 10.0. The third-order valence-corrected chi connectivity index (χ3v) is 6.94. The van der Waals surface area contributed by atoms with E-state index in [1.165, 1.54) is 6.20 Å². The lowest BCUT2D eigenvalue weighted by molar-refractivity contribution is 0.0650. The Labute approximate surface area is 186 Å². The summed E-state index contributed by atoms with van der Waals surface area (Å²) in [5.41, 5.74) is 2.40. The topological polar surface area (TPSA) is 62.7 Å². The van der Waals surface area contributed by atoms with Gasteiger partial charge in [0.05, 0.1) is 18.2 Å². The van der Waals surface area contributed by atoms with Crippen molar-refractivity contribution in [3.05, 3.63) is 52.7 Å². The molecule has 0 spiro atoms. The molecule has 5 rings (SSSR count). The number of rotatable bonds is 3. The van der Waals surface area contributed by atoms with Gasteiger partial charge in [0, 0.05) is 36.0 Å². The minimum atomic E-state index is -1.38. The predicted octanol–water partition coefficient (Wildman–Crippen LogP) is 4.56. The Morgan fingerprint density at radius 3 is 2.84 bits per heavy atom. The SMILES string of the molecule is CCC1=Cc2cc(N3CCOc4cc(C(=O)N5CCC(C)(F)C5C)cnc43)ccc2C1=O. The molecule has 7 heteroatoms. The van der Waals surface area contributed by atoms with Crippen LogP contribution in [0, 0.1) is 0 Å². The van der Waals surface area contributed by atoms with Gasteiger partial charge in [0.2, 0.25) is 0 Å². The van der Waals surface area contributed by atoms with Crippen LogP contribution < -0.4 is 9.64 Å². The number of amides is 1. The van der Waals surface area contributed by atoms with Crippen LogP contribution in [0.4, 0.5) is 15.9 Å². The van der Waals surface area contributed by atoms with E-state index in [-0.39, 0.29) is 11.7 Å². The molecular formula is C25H26FN3O3. The summed E-state index contributed by atoms with van der Waals surface area (Å²) in [6, 6.07) is 7.00. The first-order chi connectivity index (χ1) is 15.3. The number of hydrogen-bond donors (Lipinski definition) is 0. The monoisotopic (exact) mass is 435 g/mol. The van der Waals surface area contributed by atoms with Crippen molar-refractivity contribution in [1.29, 1.82) is 0 Å². The van der Waals surface area contributed by atoms with E-state index in [1.807, 2.05) is 36.1 Å². The average Bonchev–Trinajstić information content (AvgIpc) is 3.26. The molecule has 3 heterocycles. The van der Waals surface area contributed by atoms with E-state index in [1.54, 1.807) is 24.8 Å². The molecule has 1 fully saturated rings. The van der Waals surface area contributed by atoms with Crippen LogP contribution in [-0.4, -0.2) is 53.0 Å². The van der Waals surface area contributed by atoms with Gasteiger partial charge in [0.25, 0.3) is 5.91 Å². The standard InChI is InChI=1S/C25H26FN3O3/c1-4-16-11-17-12-19(5-6-20(17)22(16)30)29-9-10-32-21-13-18(14-27-23(21)29)24(31)28-8-7-25(3,26)15(28)2/h5-6,11-15H,4,7-10H2,1-3H3. The zero-order valence-electron chi connectivity index (χ0n) is 18.5. The van der Waals surface area contributed by atoms with Crippen LogP contribution in [0.1, 0.15) is 59.9 Å². The van der Waals surface area contributed by atoms with E-state index in [0.717, 1.165) is 22.4 Å². The summed E-state index contributed by atoms with van der Waals surface area (Å²) < 4.78 is 20.4. The molecule has 2 aromatic rings. The van der Waals surface area contributed by atoms with Crippen molar-refractivity contribution in [3.8, 4) is 5.75 Å². The Hall–Kier alpha value is -3.22. The number of anilines is 2. The normalized spacial score (nSPS) is 24.2. The van der Waals surface area contributed by atoms with E-state index in [0.29, 0.717) is 49.7 Å². The number of ketones is 1. The number of allylic oxidation sites excluding steroid dienone is 1. The largest absolute Gasteiger partial charge is 0.488 e. The molecule has 3 aliphatic rings. The number of Topliss-reactive ketones (excluding diaryl/α,β-unsaturated/α-hetero) is 1. The van der Waals surface area contributed by atoms with Gasteiger partial charge in [0.1, 0.15) is 12.3 Å². The fourth-order valence-electron chi connectivity index (χ4n) is 4.71. The smallest absolute Gasteiger partial charge is 0.255 e. The van der Waals surface area contributed by atoms with Gasteiger partial charge in [-0.25, -0.2) is 9.37 Å². The summed E-state index contributed by atoms with van der Waals surface area (Å²) in [6.07, 6.45) is 4.53. The van der Waals surface area contributed by atoms with Crippen molar-refractivity contribution in [3.63, 3.8) is 0 Å². The number of hydrogen-bond acceptors (Lipinski definition) is 5. The zero-order chi connectivity index (χ0) is 22.6. The van der Waals surface area contributed by atoms with Crippen molar-refractivity contribution in [2.45, 2.75) is 45.3 Å². The molecule has 0 N–H and O–H groups in total. The Morgan fingerprint density at radius 2 is 2.12 bits per heavy atom. The van der Waals surface area contributed by atoms with Gasteiger partial charge in [-0.2, -0.15) is 0 Å². The number of carbonyl (C=O) groups is 2. The first kappa shape index (κ1) is 20.7. The fourth-order valence-corrected chi connectivity index (χ4v) is 4.71. The summed E-state index contributed by atoms with van der Waals surface area (Å²) in [4.78, 5) is 33.6. The summed E-state index contributed by atoms with van der Waals surface area (Å²) in [6.45, 7) is 6.70. The molecule has 1 aliphatic carbocycles. The summed E-state index contributed by atoms with van der Waals surface area (Å²) >= 11 is 0. The van der Waals surface area contributed by atoms with Gasteiger partial charge in [0.15, 0.2) is 17.4 Å². The lowest BCUT2D eigenvalue weighted by Crippen LogP contribution is -2.40. The second-order valence-corrected chi connectivity index (χ2v) is 8.87. The van der Waals surface area contributed by atoms with Gasteiger partial charge in [-0.15, -0.1) is 0 Å². The fraction of sp³-hybridized carbons (Fsp3) is 0.400. The zero-order valence-corrected chi connectivity index (χ0v) is 18.5. The Balaban J connectivity index is 1.44. The Bertz CT molecular complexity index is 1160. The highest BCUT2D eigenvalue weighted by Crippen LogP contribution is 2.39. The number of halogens is 1. The molecule has 2 atom stereocenters. The van der Waals surface area contributed by atoms with Crippen LogP contribution in [0.3, 0.4) is 0 Å². The first-order valence-electron chi connectivity index (χ1n) is 11.1. The number of benzene rings is 1. The molecule has 2 aliphatic heterocycles. The van der Waals surface area contributed by atoms with Crippen molar-refractivity contribution < 1.29 is 18.7 Å². The van der Waals surface area contributed by atoms with Crippen LogP contribution in [-0.2, 0) is 0 Å². The first-order valence-corrected chi connectivity index (χ1v) is 11.1. The quantitative estimate of drug-likeness (QED) is 0.707. The number of nitrogens with zero attached hydrogens (tertiary/aromatic N) is 3. The molecule has 6 nitrogen and oxygen atoms in total. The average molecular weight is 435 g/mol. The molecule has 1 aromatic carbocycles. The number of likely N-dealkylation sites (tertiary alicyclic amines) is 1. The number of alkyl halides is 1. The third-order valence-electron chi connectivity index (χ3n) is 6.94. The number of carbonyl (C=O) groups excluding carboxylic acids is 2. The molecule has 1 saturated heterocycles. The summed E-state index contributed by atoms with van der Waals surface area (Å²) in [7, 11) is 0. The van der Waals surface area contributed by atoms with Crippen LogP contribution in [0.25, 0.3) is 6.08 Å². The second-order valence-electron chi connectivity index (χ2n) is 8.87. The van der Waals surface area contributed by atoms with E-state index >= 15 is 0 Å². The number of ether oxygens (including phenoxy) is 1. The highest BCUT2D eigenvalue weighted by atomic mass is 19.1. The van der Waals surface area contributed by atoms with Crippen LogP contribution in [0.5, 0.6) is 5.75 Å². The van der Waals surface area contributed by atoms with Crippen molar-refractivity contribution >= 4 is 29.3 Å². The summed E-state index contributed by atoms with van der Waals surface area (Å²) in [5, 5.41) is 0. The van der Waals surface area contributed by atoms with Gasteiger partial charge in [-0.05, 0) is 56.2 Å². The third kappa shape index (κ3) is 3.18. The minimum absolute atomic E-state index is 0.0956. The van der Waals surface area contributed by atoms with E-state index in [9.17, 15) is 14.0 Å². The van der Waals surface area contributed by atoms with Crippen molar-refractivity contribution in [2.75, 3.05) is 24.6 Å². The maximum absolute atomic E-state index is 14.5. The molecular weight excluding hydrogens is 409 g/mol. The second kappa shape index (κ2) is 7.43. The number of pyridine rings is 1. The maximum atomic E-state index is 14.5. The molecule has 0 saturated carbocycles. The van der Waals surface area contributed by atoms with Gasteiger partial charge < -0.3 is 14.5 Å². The minimum Gasteiger partial charge on any atom is -0.488 e. The maximum Gasteiger partial charge on any atom is 0.255 e. The van der Waals surface area contributed by atoms with Gasteiger partial charge in [-0.1, -0.05) is 6.92 Å². The number of fused-ring (bicyclic) bond motifs is 2. The molecule has 32 heavy (non-hydrogen) atoms. The van der Waals surface area contributed by atoms with Gasteiger partial charge >= 0.3 is 0 Å². The van der Waals surface area contributed by atoms with Crippen LogP contribution >= 0.6 is 0 Å². The summed E-state index contributed by atoms with van der Waals surface area (Å²) in [5.74, 6) is 1.02. The Morgan fingerprint density at radius 1 is 1.31 bits per heavy atom. The van der Waals surface area contributed by atoms with Crippen molar-refractivity contribution in [2.24, 2.45) is 0 Å². The highest BCUT2D eigenvalue weighted by Gasteiger charge is 2.44. The highest BCUT2D eigenvalue weighted by molar-refractivity contribution is 6.18. The van der Waals surface area contributed by atoms with Crippen molar-refractivity contribution in [1.82, 2.24) is 9.88 Å². The van der Waals surface area contributed by atoms with E-state index in [2.05, 4.69) is 4.98 Å². The predicted molar refractivity (Wildman–Crippen MR) is 120 cm³/mol. The van der Waals surface area contributed by atoms with E-state index < -0.39 is 11.7 Å². The molecule has 2 unspecified atom stereocenters. The number of aromatic nitrogens is 1. The molecule has 166 valence electrons. The van der Waals surface area contributed by atoms with E-state index in [4.69, 9.17) is 4.74 Å². The Kier molecular flexibility index (Phi) is 4.80. The lowest BCUT2D eigenvalue weighted by Gasteiger charge is -2.31.